The van der Waals surface area contributed by atoms with Crippen LogP contribution < -0.4 is 14.9 Å². The molecule has 0 saturated heterocycles. The Labute approximate surface area is 160 Å². The highest BCUT2D eigenvalue weighted by Gasteiger charge is 2.16. The molecule has 0 atom stereocenters. The number of aromatic nitrogens is 1. The van der Waals surface area contributed by atoms with E-state index in [1.807, 2.05) is 48.7 Å². The van der Waals surface area contributed by atoms with Crippen molar-refractivity contribution in [3.8, 4) is 28.8 Å². The van der Waals surface area contributed by atoms with Crippen molar-refractivity contribution in [1.29, 1.82) is 5.26 Å². The molecule has 2 aromatic carbocycles. The van der Waals surface area contributed by atoms with E-state index in [1.54, 1.807) is 0 Å². The Morgan fingerprint density at radius 1 is 1.15 bits per heavy atom. The van der Waals surface area contributed by atoms with E-state index in [9.17, 15) is 5.26 Å². The highest BCUT2D eigenvalue weighted by Crippen LogP contribution is 2.36. The molecule has 134 valence electrons. The van der Waals surface area contributed by atoms with Crippen LogP contribution >= 0.6 is 11.3 Å². The first kappa shape index (κ1) is 17.1. The number of rotatable bonds is 4. The van der Waals surface area contributed by atoms with Crippen LogP contribution in [0.25, 0.3) is 11.3 Å². The van der Waals surface area contributed by atoms with Crippen molar-refractivity contribution in [3.05, 3.63) is 57.9 Å². The summed E-state index contributed by atoms with van der Waals surface area (Å²) in [6.07, 6.45) is 0. The first-order valence-corrected chi connectivity index (χ1v) is 9.19. The molecule has 0 aliphatic carbocycles. The number of benzene rings is 2. The maximum atomic E-state index is 9.47. The Bertz CT molecular complexity index is 1080. The maximum absolute atomic E-state index is 9.47. The van der Waals surface area contributed by atoms with Gasteiger partial charge >= 0.3 is 0 Å². The van der Waals surface area contributed by atoms with E-state index in [0.717, 1.165) is 28.3 Å². The number of nitrogens with one attached hydrogen (secondary N) is 1. The molecular formula is C20H16N4O2S. The van der Waals surface area contributed by atoms with Crippen LogP contribution in [-0.4, -0.2) is 17.5 Å². The van der Waals surface area contributed by atoms with Gasteiger partial charge in [0.15, 0.2) is 22.2 Å². The predicted molar refractivity (Wildman–Crippen MR) is 105 cm³/mol. The Kier molecular flexibility index (Phi) is 4.48. The van der Waals surface area contributed by atoms with E-state index in [1.165, 1.54) is 16.9 Å². The fraction of sp³-hybridized carbons (Fsp3) is 0.150. The van der Waals surface area contributed by atoms with Gasteiger partial charge in [0.2, 0.25) is 6.79 Å². The van der Waals surface area contributed by atoms with Crippen LogP contribution in [0, 0.1) is 25.2 Å². The number of hydrogen-bond acceptors (Lipinski definition) is 7. The minimum Gasteiger partial charge on any atom is -0.454 e. The van der Waals surface area contributed by atoms with E-state index >= 15 is 0 Å². The molecule has 3 aromatic rings. The largest absolute Gasteiger partial charge is 0.454 e. The third kappa shape index (κ3) is 3.48. The summed E-state index contributed by atoms with van der Waals surface area (Å²) in [5.74, 6) is 1.43. The molecule has 0 unspecified atom stereocenters. The zero-order valence-electron chi connectivity index (χ0n) is 14.8. The number of anilines is 1. The molecule has 6 nitrogen and oxygen atoms in total. The molecular weight excluding hydrogens is 360 g/mol. The molecule has 2 heterocycles. The van der Waals surface area contributed by atoms with Crippen LogP contribution in [0.3, 0.4) is 0 Å². The smallest absolute Gasteiger partial charge is 0.231 e. The van der Waals surface area contributed by atoms with Crippen LogP contribution in [0.2, 0.25) is 0 Å². The fourth-order valence-electron chi connectivity index (χ4n) is 2.62. The first-order chi connectivity index (χ1) is 13.1. The summed E-state index contributed by atoms with van der Waals surface area (Å²) in [7, 11) is 0. The van der Waals surface area contributed by atoms with E-state index in [0.29, 0.717) is 10.8 Å². The Morgan fingerprint density at radius 3 is 2.81 bits per heavy atom. The molecule has 0 saturated carbocycles. The molecule has 27 heavy (non-hydrogen) atoms. The quantitative estimate of drug-likeness (QED) is 0.536. The number of aryl methyl sites for hydroxylation is 2. The molecule has 0 bridgehead atoms. The van der Waals surface area contributed by atoms with Gasteiger partial charge in [-0.3, -0.25) is 5.43 Å². The molecule has 7 heteroatoms. The second-order valence-corrected chi connectivity index (χ2v) is 6.95. The summed E-state index contributed by atoms with van der Waals surface area (Å²) >= 11 is 1.37. The molecule has 1 aliphatic heterocycles. The molecule has 1 aromatic heterocycles. The maximum Gasteiger partial charge on any atom is 0.231 e. The lowest BCUT2D eigenvalue weighted by molar-refractivity contribution is 0.174. The number of ether oxygens (including phenoxy) is 2. The first-order valence-electron chi connectivity index (χ1n) is 8.31. The number of nitrogens with zero attached hydrogens (tertiary/aromatic N) is 3. The van der Waals surface area contributed by atoms with Crippen molar-refractivity contribution < 1.29 is 9.47 Å². The van der Waals surface area contributed by atoms with Gasteiger partial charge in [-0.2, -0.15) is 10.4 Å². The standard InChI is InChI=1S/C20H16N4O2S/c1-12-3-5-15(7-13(12)2)23-24-16(9-21)20-22-17(10-27-20)14-4-6-18-19(8-14)26-11-25-18/h3-8,10,23H,11H2,1-2H3/b24-16-. The lowest BCUT2D eigenvalue weighted by Crippen LogP contribution is -2.01. The monoisotopic (exact) mass is 376 g/mol. The van der Waals surface area contributed by atoms with Gasteiger partial charge in [0.1, 0.15) is 6.07 Å². The second kappa shape index (κ2) is 7.09. The average Bonchev–Trinajstić information content (AvgIpc) is 3.34. The molecule has 0 amide bonds. The minimum absolute atomic E-state index is 0.233. The Morgan fingerprint density at radius 2 is 2.00 bits per heavy atom. The fourth-order valence-corrected chi connectivity index (χ4v) is 3.39. The third-order valence-corrected chi connectivity index (χ3v) is 5.13. The summed E-state index contributed by atoms with van der Waals surface area (Å²) < 4.78 is 10.7. The molecule has 4 rings (SSSR count). The normalized spacial score (nSPS) is 12.7. The summed E-state index contributed by atoms with van der Waals surface area (Å²) in [6.45, 7) is 4.32. The van der Waals surface area contributed by atoms with Crippen molar-refractivity contribution in [2.45, 2.75) is 13.8 Å². The van der Waals surface area contributed by atoms with E-state index in [4.69, 9.17) is 9.47 Å². The summed E-state index contributed by atoms with van der Waals surface area (Å²) in [5.41, 5.74) is 8.05. The van der Waals surface area contributed by atoms with E-state index < -0.39 is 0 Å². The number of nitriles is 1. The SMILES string of the molecule is Cc1ccc(N/N=C(/C#N)c2nc(-c3ccc4c(c3)OCO4)cs2)cc1C. The van der Waals surface area contributed by atoms with Crippen LogP contribution in [-0.2, 0) is 0 Å². The van der Waals surface area contributed by atoms with Gasteiger partial charge in [0.05, 0.1) is 11.4 Å². The predicted octanol–water partition coefficient (Wildman–Crippen LogP) is 4.50. The third-order valence-electron chi connectivity index (χ3n) is 4.28. The summed E-state index contributed by atoms with van der Waals surface area (Å²) in [5, 5.41) is 16.2. The van der Waals surface area contributed by atoms with E-state index in [-0.39, 0.29) is 12.5 Å². The number of hydrazone groups is 1. The van der Waals surface area contributed by atoms with Gasteiger partial charge in [-0.25, -0.2) is 4.98 Å². The molecule has 1 N–H and O–H groups in total. The van der Waals surface area contributed by atoms with Gasteiger partial charge in [-0.1, -0.05) is 6.07 Å². The number of fused-ring (bicyclic) bond motifs is 1. The zero-order chi connectivity index (χ0) is 18.8. The summed E-state index contributed by atoms with van der Waals surface area (Å²) in [6, 6.07) is 13.7. The second-order valence-electron chi connectivity index (χ2n) is 6.09. The van der Waals surface area contributed by atoms with Gasteiger partial charge in [-0.05, 0) is 55.3 Å². The minimum atomic E-state index is 0.233. The molecule has 0 fully saturated rings. The van der Waals surface area contributed by atoms with Gasteiger partial charge < -0.3 is 9.47 Å². The number of hydrogen-bond donors (Lipinski definition) is 1. The Balaban J connectivity index is 1.57. The highest BCUT2D eigenvalue weighted by atomic mass is 32.1. The van der Waals surface area contributed by atoms with Crippen LogP contribution in [0.1, 0.15) is 16.1 Å². The van der Waals surface area contributed by atoms with Crippen LogP contribution in [0.15, 0.2) is 46.9 Å². The lowest BCUT2D eigenvalue weighted by atomic mass is 10.1. The zero-order valence-corrected chi connectivity index (χ0v) is 15.6. The van der Waals surface area contributed by atoms with Crippen LogP contribution in [0.4, 0.5) is 5.69 Å². The number of thiazole rings is 1. The van der Waals surface area contributed by atoms with Crippen molar-refractivity contribution in [3.63, 3.8) is 0 Å². The molecule has 1 aliphatic rings. The van der Waals surface area contributed by atoms with Gasteiger partial charge in [0.25, 0.3) is 0 Å². The van der Waals surface area contributed by atoms with Crippen molar-refractivity contribution in [1.82, 2.24) is 4.98 Å². The van der Waals surface area contributed by atoms with Crippen molar-refractivity contribution >= 4 is 22.7 Å². The van der Waals surface area contributed by atoms with Crippen LogP contribution in [0.5, 0.6) is 11.5 Å². The molecule has 0 radical (unpaired) electrons. The lowest BCUT2D eigenvalue weighted by Gasteiger charge is -2.04. The average molecular weight is 376 g/mol. The van der Waals surface area contributed by atoms with Crippen molar-refractivity contribution in [2.24, 2.45) is 5.10 Å². The highest BCUT2D eigenvalue weighted by molar-refractivity contribution is 7.12. The molecule has 0 spiro atoms. The van der Waals surface area contributed by atoms with Gasteiger partial charge in [-0.15, -0.1) is 11.3 Å². The Hall–Kier alpha value is -3.37. The van der Waals surface area contributed by atoms with Crippen molar-refractivity contribution in [2.75, 3.05) is 12.2 Å². The van der Waals surface area contributed by atoms with Gasteiger partial charge in [0, 0.05) is 10.9 Å². The topological polar surface area (TPSA) is 79.5 Å². The van der Waals surface area contributed by atoms with E-state index in [2.05, 4.69) is 28.5 Å². The summed E-state index contributed by atoms with van der Waals surface area (Å²) in [4.78, 5) is 4.55.